The Hall–Kier alpha value is 0.720. The van der Waals surface area contributed by atoms with Crippen LogP contribution in [-0.4, -0.2) is 25.7 Å². The zero-order valence-electron chi connectivity index (χ0n) is 6.40. The van der Waals surface area contributed by atoms with E-state index in [4.69, 9.17) is 11.2 Å². The second-order valence-corrected chi connectivity index (χ2v) is 13.9. The molecule has 0 unspecified atom stereocenters. The molecule has 0 spiro atoms. The predicted octanol–water partition coefficient (Wildman–Crippen LogP) is 2.99. The quantitative estimate of drug-likeness (QED) is 0.510. The average molecular weight is 155 g/mol. The van der Waals surface area contributed by atoms with Crippen LogP contribution in [0.4, 0.5) is 0 Å². The van der Waals surface area contributed by atoms with Crippen LogP contribution in [0.25, 0.3) is 0 Å². The van der Waals surface area contributed by atoms with Gasteiger partial charge in [0.2, 0.25) is 0 Å². The van der Waals surface area contributed by atoms with Crippen LogP contribution in [0.2, 0.25) is 0 Å². The molecule has 0 heterocycles. The minimum absolute atomic E-state index is 0.641. The second kappa shape index (κ2) is 1.85. The summed E-state index contributed by atoms with van der Waals surface area (Å²) in [4.78, 5) is 0. The van der Waals surface area contributed by atoms with E-state index in [1.807, 2.05) is 0 Å². The van der Waals surface area contributed by atoms with Gasteiger partial charge in [-0.05, 0) is 0 Å². The number of hydrogen-bond donors (Lipinski definition) is 0. The molecule has 0 bridgehead atoms. The Bertz CT molecular complexity index is 79.2. The van der Waals surface area contributed by atoms with Crippen molar-refractivity contribution in [3.8, 4) is 0 Å². The monoisotopic (exact) mass is 154 g/mol. The van der Waals surface area contributed by atoms with E-state index in [9.17, 15) is 0 Å². The first-order valence-corrected chi connectivity index (χ1v) is 7.48. The van der Waals surface area contributed by atoms with E-state index in [2.05, 4.69) is 33.8 Å². The van der Waals surface area contributed by atoms with Crippen LogP contribution < -0.4 is 0 Å². The van der Waals surface area contributed by atoms with Gasteiger partial charge in [0.25, 0.3) is 0 Å². The Kier molecular flexibility index (Phi) is 2.02. The van der Waals surface area contributed by atoms with Crippen LogP contribution in [0.15, 0.2) is 0 Å². The van der Waals surface area contributed by atoms with Crippen molar-refractivity contribution < 1.29 is 0 Å². The predicted molar refractivity (Wildman–Crippen MR) is 45.7 cm³/mol. The third kappa shape index (κ3) is 2.89. The van der Waals surface area contributed by atoms with E-state index in [1.54, 1.807) is 0 Å². The van der Waals surface area contributed by atoms with Gasteiger partial charge in [-0.25, -0.2) is 0 Å². The molecule has 0 aromatic heterocycles. The molecule has 0 atom stereocenters. The molecule has 2 heteroatoms. The molecule has 0 N–H and O–H groups in total. The van der Waals surface area contributed by atoms with E-state index in [-0.39, 0.29) is 0 Å². The first kappa shape index (κ1) is 8.72. The number of hydrogen-bond acceptors (Lipinski definition) is 0. The van der Waals surface area contributed by atoms with Crippen molar-refractivity contribution in [1.82, 2.24) is 0 Å². The minimum atomic E-state index is -1.71. The summed E-state index contributed by atoms with van der Waals surface area (Å²) < 4.78 is 0. The van der Waals surface area contributed by atoms with Crippen molar-refractivity contribution in [3.63, 3.8) is 0 Å². The van der Waals surface area contributed by atoms with Gasteiger partial charge in [0.15, 0.2) is 0 Å². The van der Waals surface area contributed by atoms with E-state index in [0.29, 0.717) is 5.66 Å². The first-order valence-electron chi connectivity index (χ1n) is 2.92. The Morgan fingerprint density at radius 1 is 1.12 bits per heavy atom. The maximum atomic E-state index is 6.25. The van der Waals surface area contributed by atoms with Crippen LogP contribution in [0.5, 0.6) is 0 Å². The van der Waals surface area contributed by atoms with Gasteiger partial charge in [-0.1, -0.05) is 0 Å². The Morgan fingerprint density at radius 2 is 1.25 bits per heavy atom. The van der Waals surface area contributed by atoms with Crippen molar-refractivity contribution in [2.45, 2.75) is 19.5 Å². The van der Waals surface area contributed by atoms with E-state index >= 15 is 0 Å². The second-order valence-electron chi connectivity index (χ2n) is 3.81. The van der Waals surface area contributed by atoms with Gasteiger partial charge < -0.3 is 0 Å². The van der Waals surface area contributed by atoms with Crippen molar-refractivity contribution in [2.24, 2.45) is 0 Å². The van der Waals surface area contributed by atoms with Crippen LogP contribution in [0, 0.1) is 0 Å². The Balaban J connectivity index is 4.14. The van der Waals surface area contributed by atoms with Crippen LogP contribution in [0.3, 0.4) is 0 Å². The maximum absolute atomic E-state index is 6.25. The van der Waals surface area contributed by atoms with Crippen molar-refractivity contribution in [1.29, 1.82) is 0 Å². The molecule has 0 saturated carbocycles. The molecule has 52 valence electrons. The first-order chi connectivity index (χ1) is 3.20. The molecule has 0 aromatic carbocycles. The standard InChI is InChI=1S/C6H16ClP/c1-6(2)8(3,4,5)7/h6H,1-5H3. The zero-order chi connectivity index (χ0) is 7.02. The van der Waals surface area contributed by atoms with Gasteiger partial charge in [0.1, 0.15) is 0 Å². The fourth-order valence-corrected chi connectivity index (χ4v) is 0. The molecule has 0 aliphatic carbocycles. The fourth-order valence-electron chi connectivity index (χ4n) is 0. The summed E-state index contributed by atoms with van der Waals surface area (Å²) in [5.41, 5.74) is 0.641. The molecule has 0 aliphatic rings. The summed E-state index contributed by atoms with van der Waals surface area (Å²) in [6.45, 7) is 10.9. The fraction of sp³-hybridized carbons (Fsp3) is 1.00. The number of halogens is 1. The Morgan fingerprint density at radius 3 is 1.25 bits per heavy atom. The Labute approximate surface area is 57.3 Å². The molecular formula is C6H16ClP. The van der Waals surface area contributed by atoms with Crippen molar-refractivity contribution in [3.05, 3.63) is 0 Å². The van der Waals surface area contributed by atoms with Gasteiger partial charge in [-0.3, -0.25) is 0 Å². The SMILES string of the molecule is CC(C)P(C)(C)(C)Cl. The molecule has 0 radical (unpaired) electrons. The van der Waals surface area contributed by atoms with Gasteiger partial charge >= 0.3 is 56.7 Å². The normalized spacial score (nSPS) is 18.1. The molecule has 0 aromatic rings. The zero-order valence-corrected chi connectivity index (χ0v) is 8.05. The van der Waals surface area contributed by atoms with E-state index in [1.165, 1.54) is 0 Å². The van der Waals surface area contributed by atoms with Gasteiger partial charge in [0.05, 0.1) is 0 Å². The molecule has 0 nitrogen and oxygen atoms in total. The van der Waals surface area contributed by atoms with E-state index in [0.717, 1.165) is 0 Å². The summed E-state index contributed by atoms with van der Waals surface area (Å²) in [6, 6.07) is 0. The van der Waals surface area contributed by atoms with E-state index < -0.39 is 5.96 Å². The topological polar surface area (TPSA) is 0 Å². The van der Waals surface area contributed by atoms with Gasteiger partial charge in [-0.15, -0.1) is 0 Å². The molecule has 0 fully saturated rings. The van der Waals surface area contributed by atoms with Gasteiger partial charge in [0, 0.05) is 0 Å². The van der Waals surface area contributed by atoms with Crippen molar-refractivity contribution in [2.75, 3.05) is 20.0 Å². The summed E-state index contributed by atoms with van der Waals surface area (Å²) in [7, 11) is 0. The van der Waals surface area contributed by atoms with Crippen LogP contribution in [-0.2, 0) is 0 Å². The summed E-state index contributed by atoms with van der Waals surface area (Å²) >= 11 is 6.25. The molecular weight excluding hydrogens is 138 g/mol. The van der Waals surface area contributed by atoms with Crippen LogP contribution >= 0.6 is 17.2 Å². The molecule has 0 rings (SSSR count). The number of rotatable bonds is 1. The summed E-state index contributed by atoms with van der Waals surface area (Å²) in [6.07, 6.45) is 0. The third-order valence-corrected chi connectivity index (χ3v) is 6.40. The summed E-state index contributed by atoms with van der Waals surface area (Å²) in [5, 5.41) is 0. The molecule has 8 heavy (non-hydrogen) atoms. The molecule has 0 amide bonds. The molecule has 0 aliphatic heterocycles. The average Bonchev–Trinajstić information content (AvgIpc) is 1.27. The third-order valence-electron chi connectivity index (χ3n) is 1.74. The van der Waals surface area contributed by atoms with Gasteiger partial charge in [-0.2, -0.15) is 0 Å². The molecule has 0 saturated heterocycles. The van der Waals surface area contributed by atoms with Crippen molar-refractivity contribution >= 4 is 17.2 Å². The summed E-state index contributed by atoms with van der Waals surface area (Å²) in [5.74, 6) is -1.71. The van der Waals surface area contributed by atoms with Crippen LogP contribution in [0.1, 0.15) is 13.8 Å².